The van der Waals surface area contributed by atoms with Gasteiger partial charge in [-0.25, -0.2) is 4.79 Å². The van der Waals surface area contributed by atoms with Crippen LogP contribution in [0, 0.1) is 17.8 Å². The molecule has 0 fully saturated rings. The van der Waals surface area contributed by atoms with Crippen molar-refractivity contribution in [3.8, 4) is 0 Å². The number of primary amides is 1. The molecule has 0 aromatic heterocycles. The molecule has 0 spiro atoms. The quantitative estimate of drug-likeness (QED) is 0.0372. The summed E-state index contributed by atoms with van der Waals surface area (Å²) in [6, 6.07) is -8.95. The van der Waals surface area contributed by atoms with Gasteiger partial charge in [0.2, 0.25) is 41.4 Å². The summed E-state index contributed by atoms with van der Waals surface area (Å²) in [5, 5.41) is 34.5. The van der Waals surface area contributed by atoms with Crippen LogP contribution >= 0.6 is 11.8 Å². The summed E-state index contributed by atoms with van der Waals surface area (Å²) in [4.78, 5) is 104. The number of carbonyl (C=O) groups excluding carboxylic acids is 7. The van der Waals surface area contributed by atoms with Crippen molar-refractivity contribution < 1.29 is 48.6 Å². The maximum absolute atomic E-state index is 13.8. The number of carboxylic acid groups (broad SMARTS) is 1. The number of hydrogen-bond acceptors (Lipinski definition) is 12. The maximum atomic E-state index is 13.8. The first-order valence-electron chi connectivity index (χ1n) is 19.2. The van der Waals surface area contributed by atoms with Crippen LogP contribution in [-0.2, 0) is 38.4 Å². The molecule has 0 unspecified atom stereocenters. The first-order valence-corrected chi connectivity index (χ1v) is 20.6. The third-order valence-corrected chi connectivity index (χ3v) is 9.96. The number of amides is 7. The molecule has 7 amide bonds. The lowest BCUT2D eigenvalue weighted by Gasteiger charge is -2.30. The zero-order valence-electron chi connectivity index (χ0n) is 33.9. The summed E-state index contributed by atoms with van der Waals surface area (Å²) in [5.74, 6) is -7.63. The summed E-state index contributed by atoms with van der Waals surface area (Å²) < 4.78 is 0. The maximum Gasteiger partial charge on any atom is 0.326 e. The molecule has 0 bridgehead atoms. The Hall–Kier alpha value is -4.01. The lowest BCUT2D eigenvalue weighted by Crippen LogP contribution is -2.61. The Bertz CT molecular complexity index is 1310. The third-order valence-electron chi connectivity index (χ3n) is 9.31. The van der Waals surface area contributed by atoms with Gasteiger partial charge in [-0.1, -0.05) is 54.4 Å². The largest absolute Gasteiger partial charge is 0.480 e. The van der Waals surface area contributed by atoms with Crippen LogP contribution in [0.15, 0.2) is 0 Å². The van der Waals surface area contributed by atoms with Gasteiger partial charge in [0.1, 0.15) is 36.3 Å². The number of aliphatic hydroxyl groups excluding tert-OH is 1. The van der Waals surface area contributed by atoms with Gasteiger partial charge in [0, 0.05) is 0 Å². The van der Waals surface area contributed by atoms with Gasteiger partial charge in [-0.15, -0.1) is 0 Å². The highest BCUT2D eigenvalue weighted by atomic mass is 32.2. The van der Waals surface area contributed by atoms with Crippen molar-refractivity contribution in [2.24, 2.45) is 35.0 Å². The fourth-order valence-corrected chi connectivity index (χ4v) is 5.91. The van der Waals surface area contributed by atoms with E-state index >= 15 is 0 Å². The number of rotatable bonds is 29. The molecule has 0 aromatic carbocycles. The van der Waals surface area contributed by atoms with E-state index in [-0.39, 0.29) is 18.8 Å². The van der Waals surface area contributed by atoms with Crippen LogP contribution in [0.3, 0.4) is 0 Å². The Morgan fingerprint density at radius 1 is 0.643 bits per heavy atom. The molecule has 0 aromatic rings. The van der Waals surface area contributed by atoms with Gasteiger partial charge < -0.3 is 59.3 Å². The van der Waals surface area contributed by atoms with Crippen LogP contribution < -0.4 is 49.1 Å². The van der Waals surface area contributed by atoms with Crippen molar-refractivity contribution in [2.75, 3.05) is 25.2 Å². The summed E-state index contributed by atoms with van der Waals surface area (Å²) in [6.45, 7) is 9.82. The van der Waals surface area contributed by atoms with Crippen molar-refractivity contribution in [3.63, 3.8) is 0 Å². The van der Waals surface area contributed by atoms with Crippen molar-refractivity contribution in [3.05, 3.63) is 0 Å². The smallest absolute Gasteiger partial charge is 0.326 e. The molecule has 0 aliphatic carbocycles. The summed E-state index contributed by atoms with van der Waals surface area (Å²) in [7, 11) is 0. The number of thioether (sulfide) groups is 1. The molecular formula is C36H67N9O10S. The molecule has 0 saturated heterocycles. The van der Waals surface area contributed by atoms with E-state index in [1.165, 1.54) is 11.8 Å². The SMILES string of the molecule is CC[C@H](C)[C@H](NC(=O)[C@H](CO)NC(=O)[C@@H](NC(=O)[C@H](CC(C)C)NC(=O)[C@H](CC(N)=O)NC(=O)[C@H](CCCCN)NC(=O)[C@@H](N)CCSC)[C@@H](C)CC)C(=O)O. The Morgan fingerprint density at radius 3 is 1.62 bits per heavy atom. The predicted molar refractivity (Wildman–Crippen MR) is 212 cm³/mol. The van der Waals surface area contributed by atoms with E-state index in [9.17, 15) is 48.6 Å². The van der Waals surface area contributed by atoms with Crippen molar-refractivity contribution in [1.82, 2.24) is 31.9 Å². The van der Waals surface area contributed by atoms with Crippen LogP contribution in [0.1, 0.15) is 92.9 Å². The van der Waals surface area contributed by atoms with E-state index < -0.39 is 114 Å². The fourth-order valence-electron chi connectivity index (χ4n) is 5.42. The number of aliphatic carboxylic acids is 1. The van der Waals surface area contributed by atoms with Crippen molar-refractivity contribution in [2.45, 2.75) is 135 Å². The Kier molecular flexibility index (Phi) is 25.6. The number of nitrogens with two attached hydrogens (primary N) is 3. The van der Waals surface area contributed by atoms with E-state index in [0.29, 0.717) is 44.4 Å². The summed E-state index contributed by atoms with van der Waals surface area (Å²) >= 11 is 1.50. The minimum absolute atomic E-state index is 0.0588. The normalized spacial score (nSPS) is 16.1. The molecule has 14 N–H and O–H groups in total. The molecule has 0 rings (SSSR count). The van der Waals surface area contributed by atoms with Crippen LogP contribution in [-0.4, -0.2) is 125 Å². The first kappa shape index (κ1) is 52.0. The molecule has 0 heterocycles. The average molecular weight is 818 g/mol. The Labute approximate surface area is 334 Å². The number of carboxylic acids is 1. The van der Waals surface area contributed by atoms with Gasteiger partial charge in [0.15, 0.2) is 0 Å². The lowest BCUT2D eigenvalue weighted by molar-refractivity contribution is -0.144. The van der Waals surface area contributed by atoms with E-state index in [1.807, 2.05) is 6.26 Å². The number of aliphatic hydroxyl groups is 1. The van der Waals surface area contributed by atoms with Gasteiger partial charge >= 0.3 is 5.97 Å². The van der Waals surface area contributed by atoms with E-state index in [0.717, 1.165) is 0 Å². The van der Waals surface area contributed by atoms with Gasteiger partial charge in [-0.05, 0) is 68.4 Å². The highest BCUT2D eigenvalue weighted by Crippen LogP contribution is 2.13. The minimum Gasteiger partial charge on any atom is -0.480 e. The fraction of sp³-hybridized carbons (Fsp3) is 0.778. The molecule has 0 aliphatic heterocycles. The Morgan fingerprint density at radius 2 is 1.12 bits per heavy atom. The van der Waals surface area contributed by atoms with Crippen LogP contribution in [0.25, 0.3) is 0 Å². The highest BCUT2D eigenvalue weighted by Gasteiger charge is 2.36. The van der Waals surface area contributed by atoms with E-state index in [4.69, 9.17) is 17.2 Å². The molecule has 9 atom stereocenters. The molecule has 0 saturated carbocycles. The molecule has 322 valence electrons. The van der Waals surface area contributed by atoms with Gasteiger partial charge in [-0.2, -0.15) is 11.8 Å². The zero-order valence-corrected chi connectivity index (χ0v) is 34.7. The van der Waals surface area contributed by atoms with Crippen LogP contribution in [0.4, 0.5) is 0 Å². The average Bonchev–Trinajstić information content (AvgIpc) is 3.14. The first-order chi connectivity index (χ1) is 26.3. The molecule has 56 heavy (non-hydrogen) atoms. The molecule has 19 nitrogen and oxygen atoms in total. The molecular weight excluding hydrogens is 751 g/mol. The standard InChI is InChI=1S/C36H67N9O10S/c1-8-20(5)28(35(53)43-26(18-46)34(52)45-29(36(54)55)21(6)9-2)44-33(51)24(16-19(3)4)41-32(50)25(17-27(39)47)42-31(49)23(12-10-11-14-37)40-30(48)22(38)13-15-56-7/h19-26,28-29,46H,8-18,37-38H2,1-7H3,(H2,39,47)(H,40,48)(H,41,50)(H,42,49)(H,43,53)(H,44,51)(H,45,52)(H,54,55)/t20-,21-,22-,23-,24-,25-,26-,28-,29-/m0/s1. The molecule has 0 radical (unpaired) electrons. The number of carbonyl (C=O) groups is 8. The summed E-state index contributed by atoms with van der Waals surface area (Å²) in [5.41, 5.74) is 17.0. The third kappa shape index (κ3) is 19.2. The second kappa shape index (κ2) is 27.6. The topological polar surface area (TPSA) is 327 Å². The monoisotopic (exact) mass is 817 g/mol. The zero-order chi connectivity index (χ0) is 43.1. The van der Waals surface area contributed by atoms with Gasteiger partial charge in [0.05, 0.1) is 19.1 Å². The highest BCUT2D eigenvalue weighted by molar-refractivity contribution is 7.98. The van der Waals surface area contributed by atoms with E-state index in [1.54, 1.807) is 41.5 Å². The van der Waals surface area contributed by atoms with Gasteiger partial charge in [0.25, 0.3) is 0 Å². The molecule has 20 heteroatoms. The predicted octanol–water partition coefficient (Wildman–Crippen LogP) is -1.80. The number of unbranched alkanes of at least 4 members (excludes halogenated alkanes) is 1. The second-order valence-electron chi connectivity index (χ2n) is 14.5. The second-order valence-corrected chi connectivity index (χ2v) is 15.5. The van der Waals surface area contributed by atoms with E-state index in [2.05, 4.69) is 31.9 Å². The van der Waals surface area contributed by atoms with Crippen LogP contribution in [0.2, 0.25) is 0 Å². The van der Waals surface area contributed by atoms with Crippen molar-refractivity contribution >= 4 is 59.1 Å². The lowest BCUT2D eigenvalue weighted by atomic mass is 9.96. The Balaban J connectivity index is 6.26. The van der Waals surface area contributed by atoms with Crippen LogP contribution in [0.5, 0.6) is 0 Å². The molecule has 0 aliphatic rings. The van der Waals surface area contributed by atoms with Gasteiger partial charge in [-0.3, -0.25) is 33.6 Å². The van der Waals surface area contributed by atoms with Crippen molar-refractivity contribution in [1.29, 1.82) is 0 Å². The minimum atomic E-state index is -1.55. The number of hydrogen-bond donors (Lipinski definition) is 11. The number of nitrogens with one attached hydrogen (secondary N) is 6. The summed E-state index contributed by atoms with van der Waals surface area (Å²) in [6.07, 6.45) is 3.59.